The van der Waals surface area contributed by atoms with Crippen molar-refractivity contribution in [1.29, 1.82) is 0 Å². The van der Waals surface area contributed by atoms with Crippen LogP contribution in [0.15, 0.2) is 42.1 Å². The van der Waals surface area contributed by atoms with E-state index in [1.807, 2.05) is 0 Å². The second kappa shape index (κ2) is 9.98. The Morgan fingerprint density at radius 3 is 2.41 bits per heavy atom. The summed E-state index contributed by atoms with van der Waals surface area (Å²) >= 11 is -2.27. The topological polar surface area (TPSA) is 81.7 Å². The van der Waals surface area contributed by atoms with Crippen molar-refractivity contribution in [2.24, 2.45) is 0 Å². The smallest absolute Gasteiger partial charge is 0.258 e. The fourth-order valence-electron chi connectivity index (χ4n) is 5.77. The highest BCUT2D eigenvalue weighted by molar-refractivity contribution is 7.77. The molecule has 6 nitrogen and oxygen atoms in total. The Labute approximate surface area is 202 Å². The van der Waals surface area contributed by atoms with Crippen molar-refractivity contribution in [1.82, 2.24) is 9.62 Å². The summed E-state index contributed by atoms with van der Waals surface area (Å²) in [6, 6.07) is 8.52. The monoisotopic (exact) mass is 483 g/mol. The molecule has 2 aromatic rings. The van der Waals surface area contributed by atoms with E-state index in [0.717, 1.165) is 69.2 Å². The number of anilines is 1. The van der Waals surface area contributed by atoms with Gasteiger partial charge in [-0.3, -0.25) is 19.0 Å². The molecule has 3 N–H and O–H groups in total. The molecule has 34 heavy (non-hydrogen) atoms. The van der Waals surface area contributed by atoms with Gasteiger partial charge in [0.05, 0.1) is 5.57 Å². The van der Waals surface area contributed by atoms with Crippen LogP contribution in [0.5, 0.6) is 0 Å². The van der Waals surface area contributed by atoms with Gasteiger partial charge in [0.25, 0.3) is 17.2 Å². The molecule has 1 saturated heterocycles. The number of carbonyl (C=O) groups excluding carboxylic acids is 1. The number of aryl methyl sites for hydroxylation is 2. The van der Waals surface area contributed by atoms with E-state index < -0.39 is 11.3 Å². The molecular weight excluding hydrogens is 453 g/mol. The quantitative estimate of drug-likeness (QED) is 0.411. The first-order valence-corrected chi connectivity index (χ1v) is 13.1. The van der Waals surface area contributed by atoms with Crippen LogP contribution in [0.4, 0.5) is 10.1 Å². The lowest BCUT2D eigenvalue weighted by molar-refractivity contribution is -0.113. The number of benzene rings is 2. The van der Waals surface area contributed by atoms with Crippen LogP contribution in [0.1, 0.15) is 53.5 Å². The Morgan fingerprint density at radius 2 is 1.76 bits per heavy atom. The van der Waals surface area contributed by atoms with Crippen LogP contribution in [0, 0.1) is 5.82 Å². The number of likely N-dealkylation sites (tertiary alicyclic amines) is 1. The molecule has 0 spiro atoms. The van der Waals surface area contributed by atoms with Gasteiger partial charge in [0.15, 0.2) is 0 Å². The Balaban J connectivity index is 1.43. The summed E-state index contributed by atoms with van der Waals surface area (Å²) in [6.07, 6.45) is 9.31. The van der Waals surface area contributed by atoms with Crippen LogP contribution in [-0.2, 0) is 48.3 Å². The number of nitrogens with one attached hydrogen (secondary N) is 2. The van der Waals surface area contributed by atoms with Gasteiger partial charge in [-0.2, -0.15) is 0 Å². The van der Waals surface area contributed by atoms with Crippen molar-refractivity contribution >= 4 is 22.9 Å². The average molecular weight is 484 g/mol. The van der Waals surface area contributed by atoms with Gasteiger partial charge < -0.3 is 5.32 Å². The number of hydrogen-bond acceptors (Lipinski definition) is 3. The molecule has 8 heteroatoms. The van der Waals surface area contributed by atoms with Gasteiger partial charge in [0, 0.05) is 24.5 Å². The first-order valence-electron chi connectivity index (χ1n) is 12.0. The van der Waals surface area contributed by atoms with Crippen LogP contribution in [0.25, 0.3) is 0 Å². The molecule has 0 saturated carbocycles. The molecule has 1 amide bonds. The van der Waals surface area contributed by atoms with E-state index in [9.17, 15) is 17.9 Å². The van der Waals surface area contributed by atoms with E-state index in [0.29, 0.717) is 12.1 Å². The first kappa shape index (κ1) is 23.2. The summed E-state index contributed by atoms with van der Waals surface area (Å²) in [7, 11) is 0. The van der Waals surface area contributed by atoms with Crippen molar-refractivity contribution in [3.05, 3.63) is 75.7 Å². The lowest BCUT2D eigenvalue weighted by atomic mass is 9.97. The van der Waals surface area contributed by atoms with Gasteiger partial charge in [-0.05, 0) is 97.9 Å². The zero-order valence-electron chi connectivity index (χ0n) is 19.1. The summed E-state index contributed by atoms with van der Waals surface area (Å²) in [5.74, 6) is -0.511. The van der Waals surface area contributed by atoms with E-state index in [1.54, 1.807) is 12.1 Å². The van der Waals surface area contributed by atoms with Crippen molar-refractivity contribution in [2.75, 3.05) is 11.9 Å². The Kier molecular flexibility index (Phi) is 6.81. The third-order valence-electron chi connectivity index (χ3n) is 7.31. The molecule has 0 bridgehead atoms. The lowest BCUT2D eigenvalue weighted by Crippen LogP contribution is -2.36. The highest BCUT2D eigenvalue weighted by atomic mass is 32.2. The van der Waals surface area contributed by atoms with E-state index in [2.05, 4.69) is 21.0 Å². The predicted molar refractivity (Wildman–Crippen MR) is 131 cm³/mol. The average Bonchev–Trinajstić information content (AvgIpc) is 3.56. The molecule has 3 aliphatic rings. The van der Waals surface area contributed by atoms with Crippen LogP contribution < -0.4 is 10.0 Å². The molecule has 1 heterocycles. The highest BCUT2D eigenvalue weighted by Gasteiger charge is 2.33. The summed E-state index contributed by atoms with van der Waals surface area (Å²) in [5.41, 5.74) is 7.56. The van der Waals surface area contributed by atoms with E-state index in [1.165, 1.54) is 40.6 Å². The van der Waals surface area contributed by atoms with E-state index >= 15 is 0 Å². The third-order valence-corrected chi connectivity index (χ3v) is 7.63. The Morgan fingerprint density at radius 1 is 1.09 bits per heavy atom. The second-order valence-corrected chi connectivity index (χ2v) is 10.1. The SMILES string of the molecule is O=C(Nc1c2c(cc3c1CCC3)CCC2)C(=CNS(=O)O)C1CCCN1Cc1ccc(F)cc1. The molecule has 2 aromatic carbocycles. The standard InChI is InChI=1S/C26H30FN3O3S/c27-20-11-9-17(10-12-20)16-30-13-3-8-24(30)23(15-28-34(32)33)26(31)29-25-21-6-1-4-18(21)14-19-5-2-7-22(19)25/h9-12,14-15,24,28H,1-8,13,16H2,(H,29,31)(H,32,33). The number of amides is 1. The summed E-state index contributed by atoms with van der Waals surface area (Å²) < 4.78 is 36.5. The fourth-order valence-corrected chi connectivity index (χ4v) is 6.00. The van der Waals surface area contributed by atoms with Gasteiger partial charge in [0.2, 0.25) is 0 Å². The zero-order chi connectivity index (χ0) is 23.7. The van der Waals surface area contributed by atoms with Crippen LogP contribution in [0.3, 0.4) is 0 Å². The number of halogens is 1. The minimum Gasteiger partial charge on any atom is -0.322 e. The number of hydrogen-bond donors (Lipinski definition) is 3. The fraction of sp³-hybridized carbons (Fsp3) is 0.423. The van der Waals surface area contributed by atoms with Crippen molar-refractivity contribution < 1.29 is 17.9 Å². The molecule has 5 rings (SSSR count). The van der Waals surface area contributed by atoms with Gasteiger partial charge in [-0.1, -0.05) is 18.2 Å². The van der Waals surface area contributed by atoms with Crippen molar-refractivity contribution in [2.45, 2.75) is 64.0 Å². The second-order valence-electron chi connectivity index (χ2n) is 9.41. The number of nitrogens with zero attached hydrogens (tertiary/aromatic N) is 1. The zero-order valence-corrected chi connectivity index (χ0v) is 19.9. The molecule has 2 unspecified atom stereocenters. The minimum absolute atomic E-state index is 0.203. The van der Waals surface area contributed by atoms with Gasteiger partial charge in [0.1, 0.15) is 5.82 Å². The highest BCUT2D eigenvalue weighted by Crippen LogP contribution is 2.39. The summed E-state index contributed by atoms with van der Waals surface area (Å²) in [4.78, 5) is 15.9. The summed E-state index contributed by atoms with van der Waals surface area (Å²) in [6.45, 7) is 1.37. The number of fused-ring (bicyclic) bond motifs is 2. The summed E-state index contributed by atoms with van der Waals surface area (Å²) in [5, 5.41) is 3.23. The number of carbonyl (C=O) groups is 1. The minimum atomic E-state index is -2.27. The van der Waals surface area contributed by atoms with Gasteiger partial charge in [-0.25, -0.2) is 8.60 Å². The van der Waals surface area contributed by atoms with Gasteiger partial charge in [-0.15, -0.1) is 0 Å². The molecule has 0 aromatic heterocycles. The molecule has 1 aliphatic heterocycles. The Bertz CT molecular complexity index is 1120. The third kappa shape index (κ3) is 4.80. The van der Waals surface area contributed by atoms with E-state index in [-0.39, 0.29) is 17.8 Å². The maximum absolute atomic E-state index is 13.7. The maximum atomic E-state index is 13.7. The molecule has 0 radical (unpaired) electrons. The normalized spacial score (nSPS) is 20.8. The lowest BCUT2D eigenvalue weighted by Gasteiger charge is -2.27. The van der Waals surface area contributed by atoms with Crippen LogP contribution >= 0.6 is 0 Å². The van der Waals surface area contributed by atoms with Crippen LogP contribution in [-0.4, -0.2) is 32.2 Å². The van der Waals surface area contributed by atoms with E-state index in [4.69, 9.17) is 0 Å². The van der Waals surface area contributed by atoms with Crippen molar-refractivity contribution in [3.63, 3.8) is 0 Å². The molecule has 2 atom stereocenters. The van der Waals surface area contributed by atoms with Crippen molar-refractivity contribution in [3.8, 4) is 0 Å². The molecule has 1 fully saturated rings. The molecule has 180 valence electrons. The first-order chi connectivity index (χ1) is 16.5. The molecule has 2 aliphatic carbocycles. The number of rotatable bonds is 7. The molecular formula is C26H30FN3O3S. The Hall–Kier alpha value is -2.55. The maximum Gasteiger partial charge on any atom is 0.258 e. The largest absolute Gasteiger partial charge is 0.322 e. The predicted octanol–water partition coefficient (Wildman–Crippen LogP) is 4.02. The van der Waals surface area contributed by atoms with Gasteiger partial charge >= 0.3 is 0 Å². The van der Waals surface area contributed by atoms with Crippen LogP contribution in [0.2, 0.25) is 0 Å².